The topological polar surface area (TPSA) is 92.1 Å². The van der Waals surface area contributed by atoms with Crippen LogP contribution in [-0.2, 0) is 17.8 Å². The van der Waals surface area contributed by atoms with Gasteiger partial charge < -0.3 is 9.88 Å². The Morgan fingerprint density at radius 1 is 1.41 bits per heavy atom. The molecule has 0 aliphatic carbocycles. The van der Waals surface area contributed by atoms with Gasteiger partial charge in [0.25, 0.3) is 5.69 Å². The number of fused-ring (bicyclic) bond motifs is 1. The van der Waals surface area contributed by atoms with Gasteiger partial charge in [-0.3, -0.25) is 14.9 Å². The van der Waals surface area contributed by atoms with Crippen LogP contribution < -0.4 is 0 Å². The van der Waals surface area contributed by atoms with Crippen LogP contribution in [-0.4, -0.2) is 32.2 Å². The van der Waals surface area contributed by atoms with Gasteiger partial charge in [-0.15, -0.1) is 0 Å². The summed E-state index contributed by atoms with van der Waals surface area (Å²) in [7, 11) is 0. The third-order valence-corrected chi connectivity index (χ3v) is 3.65. The Bertz CT molecular complexity index is 737. The maximum Gasteiger partial charge on any atom is 0.269 e. The van der Waals surface area contributed by atoms with E-state index in [-0.39, 0.29) is 11.6 Å². The molecule has 2 aromatic rings. The van der Waals surface area contributed by atoms with Crippen LogP contribution in [0.4, 0.5) is 5.69 Å². The van der Waals surface area contributed by atoms with Crippen LogP contribution in [0, 0.1) is 10.1 Å². The van der Waals surface area contributed by atoms with Gasteiger partial charge >= 0.3 is 0 Å². The number of imidazole rings is 1. The van der Waals surface area contributed by atoms with Crippen molar-refractivity contribution in [2.75, 3.05) is 6.54 Å². The zero-order valence-electron chi connectivity index (χ0n) is 11.7. The standard InChI is InChI=1S/C15H14N4O3/c20-15(4-2-13-8-16-10-17-13)18-6-5-11-1-3-14(19(21)22)7-12(11)9-18/h1-4,7-8,10H,5-6,9H2,(H,16,17)/b4-2+. The predicted octanol–water partition coefficient (Wildman–Crippen LogP) is 1.92. The average Bonchev–Trinajstić information content (AvgIpc) is 3.04. The van der Waals surface area contributed by atoms with Crippen molar-refractivity contribution in [3.63, 3.8) is 0 Å². The highest BCUT2D eigenvalue weighted by Gasteiger charge is 2.21. The molecule has 7 nitrogen and oxygen atoms in total. The van der Waals surface area contributed by atoms with E-state index >= 15 is 0 Å². The van der Waals surface area contributed by atoms with E-state index in [4.69, 9.17) is 0 Å². The lowest BCUT2D eigenvalue weighted by Gasteiger charge is -2.27. The van der Waals surface area contributed by atoms with Gasteiger partial charge in [-0.2, -0.15) is 0 Å². The van der Waals surface area contributed by atoms with E-state index in [2.05, 4.69) is 9.97 Å². The molecule has 7 heteroatoms. The minimum absolute atomic E-state index is 0.0565. The largest absolute Gasteiger partial charge is 0.345 e. The number of nitrogens with zero attached hydrogens (tertiary/aromatic N) is 3. The van der Waals surface area contributed by atoms with Crippen molar-refractivity contribution in [1.82, 2.24) is 14.9 Å². The molecule has 1 aliphatic rings. The number of carbonyl (C=O) groups is 1. The summed E-state index contributed by atoms with van der Waals surface area (Å²) in [6.45, 7) is 1.00. The predicted molar refractivity (Wildman–Crippen MR) is 79.8 cm³/mol. The van der Waals surface area contributed by atoms with Crippen LogP contribution in [0.15, 0.2) is 36.8 Å². The molecule has 112 valence electrons. The number of aromatic amines is 1. The fraction of sp³-hybridized carbons (Fsp3) is 0.200. The number of non-ortho nitro benzene ring substituents is 1. The normalized spacial score (nSPS) is 14.1. The summed E-state index contributed by atoms with van der Waals surface area (Å²) in [5, 5.41) is 10.8. The fourth-order valence-corrected chi connectivity index (χ4v) is 2.47. The Kier molecular flexibility index (Phi) is 3.69. The summed E-state index contributed by atoms with van der Waals surface area (Å²) >= 11 is 0. The van der Waals surface area contributed by atoms with Crippen molar-refractivity contribution in [3.8, 4) is 0 Å². The maximum atomic E-state index is 12.2. The Balaban J connectivity index is 1.74. The number of H-pyrrole nitrogens is 1. The zero-order valence-corrected chi connectivity index (χ0v) is 11.7. The van der Waals surface area contributed by atoms with Crippen molar-refractivity contribution in [1.29, 1.82) is 0 Å². The minimum Gasteiger partial charge on any atom is -0.345 e. The molecule has 0 unspecified atom stereocenters. The first kappa shape index (κ1) is 14.0. The van der Waals surface area contributed by atoms with E-state index < -0.39 is 4.92 Å². The number of benzene rings is 1. The minimum atomic E-state index is -0.417. The van der Waals surface area contributed by atoms with Crippen LogP contribution in [0.25, 0.3) is 6.08 Å². The van der Waals surface area contributed by atoms with Crippen molar-refractivity contribution < 1.29 is 9.72 Å². The van der Waals surface area contributed by atoms with Crippen LogP contribution >= 0.6 is 0 Å². The average molecular weight is 298 g/mol. The Labute approximate surface area is 126 Å². The van der Waals surface area contributed by atoms with Gasteiger partial charge in [-0.05, 0) is 23.6 Å². The molecule has 3 rings (SSSR count). The summed E-state index contributed by atoms with van der Waals surface area (Å²) in [4.78, 5) is 31.1. The molecular weight excluding hydrogens is 284 g/mol. The van der Waals surface area contributed by atoms with Crippen LogP contribution in [0.2, 0.25) is 0 Å². The molecule has 0 saturated carbocycles. The molecule has 2 heterocycles. The molecule has 1 amide bonds. The van der Waals surface area contributed by atoms with E-state index in [0.29, 0.717) is 19.5 Å². The SMILES string of the molecule is O=C(/C=C/c1cnc[nH]1)N1CCc2ccc([N+](=O)[O-])cc2C1. The number of rotatable bonds is 3. The molecule has 0 fully saturated rings. The Morgan fingerprint density at radius 3 is 3.00 bits per heavy atom. The lowest BCUT2D eigenvalue weighted by Crippen LogP contribution is -2.34. The molecule has 1 N–H and O–H groups in total. The highest BCUT2D eigenvalue weighted by Crippen LogP contribution is 2.24. The summed E-state index contributed by atoms with van der Waals surface area (Å²) in [5.41, 5.74) is 2.71. The maximum absolute atomic E-state index is 12.2. The molecule has 0 bridgehead atoms. The molecule has 1 aliphatic heterocycles. The third-order valence-electron chi connectivity index (χ3n) is 3.65. The number of hydrogen-bond donors (Lipinski definition) is 1. The molecular formula is C15H14N4O3. The third kappa shape index (κ3) is 2.88. The highest BCUT2D eigenvalue weighted by molar-refractivity contribution is 5.91. The van der Waals surface area contributed by atoms with E-state index in [1.54, 1.807) is 35.6 Å². The number of nitro groups is 1. The van der Waals surface area contributed by atoms with Crippen LogP contribution in [0.1, 0.15) is 16.8 Å². The molecule has 0 radical (unpaired) electrons. The van der Waals surface area contributed by atoms with Gasteiger partial charge in [0.1, 0.15) is 0 Å². The van der Waals surface area contributed by atoms with Crippen LogP contribution in [0.3, 0.4) is 0 Å². The van der Waals surface area contributed by atoms with Crippen molar-refractivity contribution >= 4 is 17.7 Å². The number of aromatic nitrogens is 2. The molecule has 0 spiro atoms. The van der Waals surface area contributed by atoms with Gasteiger partial charge in [-0.1, -0.05) is 6.07 Å². The zero-order chi connectivity index (χ0) is 15.5. The first-order valence-electron chi connectivity index (χ1n) is 6.85. The lowest BCUT2D eigenvalue weighted by molar-refractivity contribution is -0.385. The number of nitro benzene ring substituents is 1. The van der Waals surface area contributed by atoms with Gasteiger partial charge in [0.05, 0.1) is 23.1 Å². The summed E-state index contributed by atoms with van der Waals surface area (Å²) in [6, 6.07) is 4.83. The number of carbonyl (C=O) groups excluding carboxylic acids is 1. The smallest absolute Gasteiger partial charge is 0.269 e. The van der Waals surface area contributed by atoms with E-state index in [9.17, 15) is 14.9 Å². The number of nitrogens with one attached hydrogen (secondary N) is 1. The summed E-state index contributed by atoms with van der Waals surface area (Å²) in [5.74, 6) is -0.119. The monoisotopic (exact) mass is 298 g/mol. The quantitative estimate of drug-likeness (QED) is 0.532. The Hall–Kier alpha value is -2.96. The number of hydrogen-bond acceptors (Lipinski definition) is 4. The molecule has 1 aromatic carbocycles. The molecule has 1 aromatic heterocycles. The summed E-state index contributed by atoms with van der Waals surface area (Å²) in [6.07, 6.45) is 7.02. The van der Waals surface area contributed by atoms with Crippen molar-refractivity contribution in [3.05, 3.63) is 63.7 Å². The molecule has 0 saturated heterocycles. The van der Waals surface area contributed by atoms with Gasteiger partial charge in [0.2, 0.25) is 5.91 Å². The van der Waals surface area contributed by atoms with Crippen LogP contribution in [0.5, 0.6) is 0 Å². The van der Waals surface area contributed by atoms with Crippen molar-refractivity contribution in [2.24, 2.45) is 0 Å². The van der Waals surface area contributed by atoms with Gasteiger partial charge in [-0.25, -0.2) is 4.98 Å². The summed E-state index contributed by atoms with van der Waals surface area (Å²) < 4.78 is 0. The van der Waals surface area contributed by atoms with E-state index in [1.165, 1.54) is 12.1 Å². The Morgan fingerprint density at radius 2 is 2.27 bits per heavy atom. The first-order valence-corrected chi connectivity index (χ1v) is 6.85. The van der Waals surface area contributed by atoms with E-state index in [1.807, 2.05) is 0 Å². The number of amides is 1. The van der Waals surface area contributed by atoms with Gasteiger partial charge in [0, 0.05) is 31.3 Å². The van der Waals surface area contributed by atoms with E-state index in [0.717, 1.165) is 16.8 Å². The van der Waals surface area contributed by atoms with Crippen molar-refractivity contribution in [2.45, 2.75) is 13.0 Å². The fourth-order valence-electron chi connectivity index (χ4n) is 2.47. The molecule has 22 heavy (non-hydrogen) atoms. The first-order chi connectivity index (χ1) is 10.6. The van der Waals surface area contributed by atoms with Gasteiger partial charge in [0.15, 0.2) is 0 Å². The second-order valence-corrected chi connectivity index (χ2v) is 5.06. The lowest BCUT2D eigenvalue weighted by atomic mass is 9.99. The second-order valence-electron chi connectivity index (χ2n) is 5.06. The molecule has 0 atom stereocenters. The second kappa shape index (κ2) is 5.80. The highest BCUT2D eigenvalue weighted by atomic mass is 16.6.